The molecule has 1 aromatic carbocycles. The smallest absolute Gasteiger partial charge is 0.378 e. The molecule has 0 radical (unpaired) electrons. The summed E-state index contributed by atoms with van der Waals surface area (Å²) in [4.78, 5) is 25.7. The van der Waals surface area contributed by atoms with Gasteiger partial charge in [0.1, 0.15) is 6.54 Å². The van der Waals surface area contributed by atoms with Gasteiger partial charge in [-0.25, -0.2) is 9.36 Å². The molecule has 2 aromatic rings. The van der Waals surface area contributed by atoms with E-state index in [1.165, 1.54) is 4.57 Å². The average molecular weight is 289 g/mol. The predicted octanol–water partition coefficient (Wildman–Crippen LogP) is 0.362. The summed E-state index contributed by atoms with van der Waals surface area (Å²) in [6, 6.07) is 9.16. The quantitative estimate of drug-likeness (QED) is 0.815. The Kier molecular flexibility index (Phi) is 3.83. The lowest BCUT2D eigenvalue weighted by Crippen LogP contribution is -2.43. The van der Waals surface area contributed by atoms with E-state index in [1.807, 2.05) is 30.3 Å². The third-order valence-electron chi connectivity index (χ3n) is 3.38. The second kappa shape index (κ2) is 5.92. The van der Waals surface area contributed by atoms with Gasteiger partial charge in [0.25, 0.3) is 0 Å². The molecule has 21 heavy (non-hydrogen) atoms. The van der Waals surface area contributed by atoms with Gasteiger partial charge in [0, 0.05) is 18.7 Å². The number of carbonyl (C=O) groups excluding carboxylic acids is 1. The van der Waals surface area contributed by atoms with E-state index in [4.69, 9.17) is 9.26 Å². The molecule has 0 N–H and O–H groups in total. The van der Waals surface area contributed by atoms with Crippen molar-refractivity contribution < 1.29 is 14.1 Å². The van der Waals surface area contributed by atoms with E-state index in [2.05, 4.69) is 5.16 Å². The Bertz CT molecular complexity index is 671. The van der Waals surface area contributed by atoms with Gasteiger partial charge in [-0.1, -0.05) is 35.5 Å². The molecule has 1 aromatic heterocycles. The first-order valence-corrected chi connectivity index (χ1v) is 6.73. The summed E-state index contributed by atoms with van der Waals surface area (Å²) < 4.78 is 11.2. The number of morpholine rings is 1. The highest BCUT2D eigenvalue weighted by Crippen LogP contribution is 2.15. The van der Waals surface area contributed by atoms with E-state index >= 15 is 0 Å². The van der Waals surface area contributed by atoms with Crippen LogP contribution in [0.15, 0.2) is 39.6 Å². The number of nitrogens with zero attached hydrogens (tertiary/aromatic N) is 3. The number of hydrogen-bond acceptors (Lipinski definition) is 5. The van der Waals surface area contributed by atoms with E-state index < -0.39 is 5.76 Å². The number of rotatable bonds is 3. The van der Waals surface area contributed by atoms with Crippen molar-refractivity contribution in [3.63, 3.8) is 0 Å². The highest BCUT2D eigenvalue weighted by molar-refractivity contribution is 5.76. The molecule has 0 spiro atoms. The molecule has 1 fully saturated rings. The molecule has 0 atom stereocenters. The molecule has 0 aliphatic carbocycles. The summed E-state index contributed by atoms with van der Waals surface area (Å²) in [5, 5.41) is 3.76. The SMILES string of the molecule is O=C(Cn1c(-c2ccccc2)noc1=O)N1CCOCC1. The Morgan fingerprint density at radius 1 is 1.19 bits per heavy atom. The van der Waals surface area contributed by atoms with Crippen molar-refractivity contribution in [3.05, 3.63) is 40.9 Å². The second-order valence-corrected chi connectivity index (χ2v) is 4.72. The zero-order valence-corrected chi connectivity index (χ0v) is 11.4. The predicted molar refractivity (Wildman–Crippen MR) is 73.6 cm³/mol. The first kappa shape index (κ1) is 13.6. The van der Waals surface area contributed by atoms with Gasteiger partial charge < -0.3 is 9.64 Å². The van der Waals surface area contributed by atoms with Gasteiger partial charge >= 0.3 is 5.76 Å². The first-order chi connectivity index (χ1) is 10.3. The Hall–Kier alpha value is -2.41. The van der Waals surface area contributed by atoms with E-state index in [1.54, 1.807) is 4.90 Å². The van der Waals surface area contributed by atoms with E-state index in [0.717, 1.165) is 5.56 Å². The van der Waals surface area contributed by atoms with Gasteiger partial charge in [0.05, 0.1) is 13.2 Å². The molecular weight excluding hydrogens is 274 g/mol. The minimum Gasteiger partial charge on any atom is -0.378 e. The number of amides is 1. The van der Waals surface area contributed by atoms with E-state index in [-0.39, 0.29) is 12.5 Å². The van der Waals surface area contributed by atoms with Crippen molar-refractivity contribution in [1.29, 1.82) is 0 Å². The topological polar surface area (TPSA) is 77.6 Å². The lowest BCUT2D eigenvalue weighted by atomic mass is 10.2. The molecule has 7 heteroatoms. The molecule has 7 nitrogen and oxygen atoms in total. The van der Waals surface area contributed by atoms with Gasteiger partial charge in [-0.05, 0) is 0 Å². The molecule has 1 amide bonds. The maximum absolute atomic E-state index is 12.2. The molecule has 1 aliphatic heterocycles. The normalized spacial score (nSPS) is 15.1. The third kappa shape index (κ3) is 2.87. The molecule has 110 valence electrons. The second-order valence-electron chi connectivity index (χ2n) is 4.72. The number of aromatic nitrogens is 2. The van der Waals surface area contributed by atoms with Crippen molar-refractivity contribution in [2.45, 2.75) is 6.54 Å². The Morgan fingerprint density at radius 2 is 1.90 bits per heavy atom. The van der Waals surface area contributed by atoms with Crippen LogP contribution in [0.4, 0.5) is 0 Å². The fourth-order valence-electron chi connectivity index (χ4n) is 2.25. The Morgan fingerprint density at radius 3 is 2.62 bits per heavy atom. The van der Waals surface area contributed by atoms with E-state index in [0.29, 0.717) is 32.1 Å². The number of benzene rings is 1. The molecule has 0 unspecified atom stereocenters. The summed E-state index contributed by atoms with van der Waals surface area (Å²) in [7, 11) is 0. The van der Waals surface area contributed by atoms with Crippen LogP contribution < -0.4 is 5.76 Å². The van der Waals surface area contributed by atoms with Crippen LogP contribution in [0.25, 0.3) is 11.4 Å². The van der Waals surface area contributed by atoms with Crippen LogP contribution in [0.5, 0.6) is 0 Å². The van der Waals surface area contributed by atoms with Crippen molar-refractivity contribution in [3.8, 4) is 11.4 Å². The summed E-state index contributed by atoms with van der Waals surface area (Å²) in [6.45, 7) is 2.05. The van der Waals surface area contributed by atoms with Crippen molar-refractivity contribution in [2.24, 2.45) is 0 Å². The largest absolute Gasteiger partial charge is 0.442 e. The van der Waals surface area contributed by atoms with Gasteiger partial charge in [-0.15, -0.1) is 0 Å². The standard InChI is InChI=1S/C14H15N3O4/c18-12(16-6-8-20-9-7-16)10-17-13(15-21-14(17)19)11-4-2-1-3-5-11/h1-5H,6-10H2. The average Bonchev–Trinajstić information content (AvgIpc) is 2.90. The lowest BCUT2D eigenvalue weighted by Gasteiger charge is -2.26. The van der Waals surface area contributed by atoms with Gasteiger partial charge in [-0.2, -0.15) is 0 Å². The van der Waals surface area contributed by atoms with Crippen LogP contribution in [0.1, 0.15) is 0 Å². The number of carbonyl (C=O) groups is 1. The Balaban J connectivity index is 1.84. The minimum absolute atomic E-state index is 0.0768. The summed E-state index contributed by atoms with van der Waals surface area (Å²) in [5.74, 6) is -0.404. The van der Waals surface area contributed by atoms with Crippen LogP contribution in [0.3, 0.4) is 0 Å². The monoisotopic (exact) mass is 289 g/mol. The molecule has 0 bridgehead atoms. The van der Waals surface area contributed by atoms with Crippen LogP contribution >= 0.6 is 0 Å². The fraction of sp³-hybridized carbons (Fsp3) is 0.357. The van der Waals surface area contributed by atoms with Crippen molar-refractivity contribution >= 4 is 5.91 Å². The number of ether oxygens (including phenoxy) is 1. The lowest BCUT2D eigenvalue weighted by molar-refractivity contribution is -0.135. The minimum atomic E-state index is -0.629. The molecule has 1 saturated heterocycles. The highest BCUT2D eigenvalue weighted by atomic mass is 16.5. The van der Waals surface area contributed by atoms with Crippen LogP contribution in [-0.4, -0.2) is 46.8 Å². The van der Waals surface area contributed by atoms with Gasteiger partial charge in [0.2, 0.25) is 5.91 Å². The van der Waals surface area contributed by atoms with Crippen molar-refractivity contribution in [2.75, 3.05) is 26.3 Å². The zero-order valence-electron chi connectivity index (χ0n) is 11.4. The fourth-order valence-corrected chi connectivity index (χ4v) is 2.25. The van der Waals surface area contributed by atoms with Crippen LogP contribution in [-0.2, 0) is 16.1 Å². The van der Waals surface area contributed by atoms with E-state index in [9.17, 15) is 9.59 Å². The number of hydrogen-bond donors (Lipinski definition) is 0. The first-order valence-electron chi connectivity index (χ1n) is 6.73. The molecular formula is C14H15N3O4. The van der Waals surface area contributed by atoms with Gasteiger partial charge in [-0.3, -0.25) is 9.32 Å². The maximum atomic E-state index is 12.2. The summed E-state index contributed by atoms with van der Waals surface area (Å²) >= 11 is 0. The molecule has 3 rings (SSSR count). The maximum Gasteiger partial charge on any atom is 0.442 e. The van der Waals surface area contributed by atoms with Crippen LogP contribution in [0.2, 0.25) is 0 Å². The molecule has 1 aliphatic rings. The Labute approximate surface area is 120 Å². The highest BCUT2D eigenvalue weighted by Gasteiger charge is 2.21. The van der Waals surface area contributed by atoms with Gasteiger partial charge in [0.15, 0.2) is 5.82 Å². The van der Waals surface area contributed by atoms with Crippen LogP contribution in [0, 0.1) is 0 Å². The third-order valence-corrected chi connectivity index (χ3v) is 3.38. The van der Waals surface area contributed by atoms with Crippen molar-refractivity contribution in [1.82, 2.24) is 14.6 Å². The summed E-state index contributed by atoms with van der Waals surface area (Å²) in [6.07, 6.45) is 0. The molecule has 2 heterocycles. The summed E-state index contributed by atoms with van der Waals surface area (Å²) in [5.41, 5.74) is 0.734. The zero-order chi connectivity index (χ0) is 14.7. The molecule has 0 saturated carbocycles.